The average Bonchev–Trinajstić information content (AvgIpc) is 2.87. The molecule has 0 bridgehead atoms. The molecule has 1 atom stereocenters. The van der Waals surface area contributed by atoms with Gasteiger partial charge in [-0.3, -0.25) is 0 Å². The van der Waals surface area contributed by atoms with E-state index in [1.54, 1.807) is 6.07 Å². The summed E-state index contributed by atoms with van der Waals surface area (Å²) in [6.45, 7) is 2.00. The molecule has 1 aromatic heterocycles. The summed E-state index contributed by atoms with van der Waals surface area (Å²) in [5, 5.41) is 0. The smallest absolute Gasteiger partial charge is 0.341 e. The second-order valence-electron chi connectivity index (χ2n) is 3.82. The zero-order chi connectivity index (χ0) is 12.3. The first-order valence-corrected chi connectivity index (χ1v) is 5.44. The highest BCUT2D eigenvalue weighted by Crippen LogP contribution is 2.27. The van der Waals surface area contributed by atoms with Crippen LogP contribution in [-0.2, 0) is 4.74 Å². The van der Waals surface area contributed by atoms with Gasteiger partial charge in [0.05, 0.1) is 13.4 Å². The Morgan fingerprint density at radius 3 is 2.59 bits per heavy atom. The maximum absolute atomic E-state index is 11.5. The zero-order valence-electron chi connectivity index (χ0n) is 9.84. The minimum Gasteiger partial charge on any atom is -0.468 e. The van der Waals surface area contributed by atoms with Gasteiger partial charge in [0.2, 0.25) is 0 Å². The third-order valence-electron chi connectivity index (χ3n) is 2.79. The van der Waals surface area contributed by atoms with Crippen LogP contribution in [0, 0.1) is 0 Å². The summed E-state index contributed by atoms with van der Waals surface area (Å²) in [6, 6.07) is 11.5. The molecular weight excluding hydrogens is 216 g/mol. The Morgan fingerprint density at radius 2 is 1.94 bits per heavy atom. The van der Waals surface area contributed by atoms with Crippen LogP contribution >= 0.6 is 0 Å². The molecule has 0 N–H and O–H groups in total. The number of esters is 1. The van der Waals surface area contributed by atoms with Gasteiger partial charge in [0.25, 0.3) is 0 Å². The Morgan fingerprint density at radius 1 is 1.24 bits per heavy atom. The largest absolute Gasteiger partial charge is 0.468 e. The number of rotatable bonds is 3. The molecule has 3 heteroatoms. The van der Waals surface area contributed by atoms with E-state index in [2.05, 4.69) is 0 Å². The maximum atomic E-state index is 11.5. The fraction of sp³-hybridized carbons (Fsp3) is 0.214. The second-order valence-corrected chi connectivity index (χ2v) is 3.82. The van der Waals surface area contributed by atoms with Gasteiger partial charge in [-0.2, -0.15) is 0 Å². The first kappa shape index (κ1) is 11.5. The van der Waals surface area contributed by atoms with E-state index < -0.39 is 0 Å². The van der Waals surface area contributed by atoms with E-state index in [4.69, 9.17) is 9.15 Å². The molecule has 0 fully saturated rings. The molecular formula is C14H14O3. The van der Waals surface area contributed by atoms with E-state index in [0.717, 1.165) is 5.56 Å². The standard InChI is InChI=1S/C14H14O3/c1-10(11-6-4-3-5-7-11)13-12(8-9-17-13)14(15)16-2/h3-10H,1-2H3. The fourth-order valence-corrected chi connectivity index (χ4v) is 1.83. The van der Waals surface area contributed by atoms with Gasteiger partial charge in [-0.1, -0.05) is 37.3 Å². The Bertz CT molecular complexity index is 499. The Labute approximate surface area is 100 Å². The normalized spacial score (nSPS) is 12.1. The third-order valence-corrected chi connectivity index (χ3v) is 2.79. The molecule has 1 aromatic carbocycles. The molecule has 3 nitrogen and oxygen atoms in total. The summed E-state index contributed by atoms with van der Waals surface area (Å²) in [7, 11) is 1.37. The number of methoxy groups -OCH3 is 1. The molecule has 88 valence electrons. The molecule has 0 saturated carbocycles. The monoisotopic (exact) mass is 230 g/mol. The predicted octanol–water partition coefficient (Wildman–Crippen LogP) is 3.22. The quantitative estimate of drug-likeness (QED) is 0.760. The van der Waals surface area contributed by atoms with Crippen molar-refractivity contribution in [2.24, 2.45) is 0 Å². The summed E-state index contributed by atoms with van der Waals surface area (Å²) in [6.07, 6.45) is 1.51. The van der Waals surface area contributed by atoms with Gasteiger partial charge in [-0.15, -0.1) is 0 Å². The number of furan rings is 1. The van der Waals surface area contributed by atoms with E-state index in [0.29, 0.717) is 11.3 Å². The van der Waals surface area contributed by atoms with Crippen LogP contribution in [0.5, 0.6) is 0 Å². The van der Waals surface area contributed by atoms with E-state index in [-0.39, 0.29) is 11.9 Å². The summed E-state index contributed by atoms with van der Waals surface area (Å²) >= 11 is 0. The highest BCUT2D eigenvalue weighted by molar-refractivity contribution is 5.90. The Balaban J connectivity index is 2.35. The van der Waals surface area contributed by atoms with E-state index in [1.165, 1.54) is 13.4 Å². The third kappa shape index (κ3) is 2.23. The van der Waals surface area contributed by atoms with Crippen LogP contribution in [0.4, 0.5) is 0 Å². The van der Waals surface area contributed by atoms with Crippen molar-refractivity contribution in [2.75, 3.05) is 7.11 Å². The topological polar surface area (TPSA) is 39.4 Å². The van der Waals surface area contributed by atoms with Crippen molar-refractivity contribution < 1.29 is 13.9 Å². The van der Waals surface area contributed by atoms with Crippen molar-refractivity contribution in [1.29, 1.82) is 0 Å². The number of carbonyl (C=O) groups is 1. The second kappa shape index (κ2) is 4.87. The number of ether oxygens (including phenoxy) is 1. The number of carbonyl (C=O) groups excluding carboxylic acids is 1. The van der Waals surface area contributed by atoms with Crippen molar-refractivity contribution in [3.8, 4) is 0 Å². The highest BCUT2D eigenvalue weighted by atomic mass is 16.5. The maximum Gasteiger partial charge on any atom is 0.341 e. The number of benzene rings is 1. The van der Waals surface area contributed by atoms with Crippen LogP contribution < -0.4 is 0 Å². The van der Waals surface area contributed by atoms with E-state index in [1.807, 2.05) is 37.3 Å². The van der Waals surface area contributed by atoms with Crippen LogP contribution in [0.1, 0.15) is 34.5 Å². The van der Waals surface area contributed by atoms with Gasteiger partial charge in [0, 0.05) is 5.92 Å². The van der Waals surface area contributed by atoms with Crippen LogP contribution in [0.25, 0.3) is 0 Å². The van der Waals surface area contributed by atoms with E-state index >= 15 is 0 Å². The molecule has 0 radical (unpaired) electrons. The van der Waals surface area contributed by atoms with Crippen LogP contribution in [0.3, 0.4) is 0 Å². The Kier molecular flexibility index (Phi) is 3.28. The van der Waals surface area contributed by atoms with Crippen molar-refractivity contribution in [1.82, 2.24) is 0 Å². The summed E-state index contributed by atoms with van der Waals surface area (Å²) in [5.74, 6) is 0.305. The van der Waals surface area contributed by atoms with Crippen LogP contribution in [0.15, 0.2) is 47.1 Å². The molecule has 0 aliphatic heterocycles. The van der Waals surface area contributed by atoms with Crippen LogP contribution in [0.2, 0.25) is 0 Å². The molecule has 0 aliphatic carbocycles. The fourth-order valence-electron chi connectivity index (χ4n) is 1.83. The molecule has 0 spiro atoms. The van der Waals surface area contributed by atoms with Gasteiger partial charge in [-0.05, 0) is 11.6 Å². The minimum absolute atomic E-state index is 0.0281. The molecule has 0 aliphatic rings. The molecule has 1 unspecified atom stereocenters. The van der Waals surface area contributed by atoms with Crippen molar-refractivity contribution >= 4 is 5.97 Å². The summed E-state index contributed by atoms with van der Waals surface area (Å²) in [5.41, 5.74) is 1.59. The van der Waals surface area contributed by atoms with Gasteiger partial charge >= 0.3 is 5.97 Å². The lowest BCUT2D eigenvalue weighted by atomic mass is 9.96. The predicted molar refractivity (Wildman–Crippen MR) is 64.0 cm³/mol. The first-order chi connectivity index (χ1) is 8.24. The average molecular weight is 230 g/mol. The Hall–Kier alpha value is -2.03. The van der Waals surface area contributed by atoms with Gasteiger partial charge in [-0.25, -0.2) is 4.79 Å². The van der Waals surface area contributed by atoms with Crippen molar-refractivity contribution in [3.63, 3.8) is 0 Å². The van der Waals surface area contributed by atoms with Crippen LogP contribution in [-0.4, -0.2) is 13.1 Å². The molecule has 17 heavy (non-hydrogen) atoms. The lowest BCUT2D eigenvalue weighted by Gasteiger charge is -2.10. The summed E-state index contributed by atoms with van der Waals surface area (Å²) in [4.78, 5) is 11.5. The van der Waals surface area contributed by atoms with Gasteiger partial charge in [0.1, 0.15) is 11.3 Å². The highest BCUT2D eigenvalue weighted by Gasteiger charge is 2.21. The van der Waals surface area contributed by atoms with Crippen molar-refractivity contribution in [3.05, 3.63) is 59.5 Å². The van der Waals surface area contributed by atoms with Gasteiger partial charge in [0.15, 0.2) is 0 Å². The molecule has 1 heterocycles. The zero-order valence-corrected chi connectivity index (χ0v) is 9.84. The number of hydrogen-bond donors (Lipinski definition) is 0. The molecule has 0 amide bonds. The molecule has 2 rings (SSSR count). The number of hydrogen-bond acceptors (Lipinski definition) is 3. The lowest BCUT2D eigenvalue weighted by molar-refractivity contribution is 0.0598. The molecule has 2 aromatic rings. The first-order valence-electron chi connectivity index (χ1n) is 5.44. The lowest BCUT2D eigenvalue weighted by Crippen LogP contribution is -2.05. The minimum atomic E-state index is -0.364. The molecule has 0 saturated heterocycles. The van der Waals surface area contributed by atoms with Crippen molar-refractivity contribution in [2.45, 2.75) is 12.8 Å². The van der Waals surface area contributed by atoms with Gasteiger partial charge < -0.3 is 9.15 Å². The summed E-state index contributed by atoms with van der Waals surface area (Å²) < 4.78 is 10.1. The van der Waals surface area contributed by atoms with E-state index in [9.17, 15) is 4.79 Å². The SMILES string of the molecule is COC(=O)c1ccoc1C(C)c1ccccc1.